The molecular weight excluding hydrogens is 274 g/mol. The van der Waals surface area contributed by atoms with Crippen molar-refractivity contribution in [2.75, 3.05) is 24.2 Å². The second kappa shape index (κ2) is 4.67. The molecule has 6 nitrogen and oxygen atoms in total. The van der Waals surface area contributed by atoms with Gasteiger partial charge in [0.2, 0.25) is 0 Å². The van der Waals surface area contributed by atoms with E-state index in [0.29, 0.717) is 24.4 Å². The Hall–Kier alpha value is -0.860. The average Bonchev–Trinajstić information content (AvgIpc) is 3.01. The maximum absolute atomic E-state index is 12.3. The highest BCUT2D eigenvalue weighted by Crippen LogP contribution is 2.42. The van der Waals surface area contributed by atoms with Crippen LogP contribution in [0.15, 0.2) is 4.90 Å². The van der Waals surface area contributed by atoms with Crippen LogP contribution in [0.5, 0.6) is 0 Å². The van der Waals surface area contributed by atoms with Crippen molar-refractivity contribution in [3.63, 3.8) is 0 Å². The first-order valence-electron chi connectivity index (χ1n) is 5.72. The Kier molecular flexibility index (Phi) is 3.52. The maximum atomic E-state index is 12.3. The SMILES string of the molecule is CC(O)CN(C)c1snc(N)c1S(=O)(=O)C1CC1. The molecule has 0 spiro atoms. The molecule has 1 atom stereocenters. The van der Waals surface area contributed by atoms with Crippen LogP contribution in [0.3, 0.4) is 0 Å². The van der Waals surface area contributed by atoms with Gasteiger partial charge >= 0.3 is 0 Å². The first-order chi connectivity index (χ1) is 8.34. The quantitative estimate of drug-likeness (QED) is 0.819. The van der Waals surface area contributed by atoms with Crippen LogP contribution in [0.4, 0.5) is 10.8 Å². The van der Waals surface area contributed by atoms with E-state index in [0.717, 1.165) is 11.5 Å². The van der Waals surface area contributed by atoms with E-state index in [4.69, 9.17) is 5.73 Å². The summed E-state index contributed by atoms with van der Waals surface area (Å²) < 4.78 is 28.5. The molecule has 1 aliphatic carbocycles. The second-order valence-electron chi connectivity index (χ2n) is 4.68. The smallest absolute Gasteiger partial charge is 0.187 e. The first kappa shape index (κ1) is 13.6. The Morgan fingerprint density at radius 2 is 2.22 bits per heavy atom. The third-order valence-corrected chi connectivity index (χ3v) is 6.22. The molecule has 0 saturated heterocycles. The fourth-order valence-electron chi connectivity index (χ4n) is 1.82. The van der Waals surface area contributed by atoms with Crippen molar-refractivity contribution in [3.8, 4) is 0 Å². The number of sulfone groups is 1. The predicted octanol–water partition coefficient (Wildman–Crippen LogP) is 0.478. The molecule has 0 bridgehead atoms. The zero-order valence-corrected chi connectivity index (χ0v) is 12.0. The molecule has 18 heavy (non-hydrogen) atoms. The van der Waals surface area contributed by atoms with Crippen molar-refractivity contribution >= 4 is 32.2 Å². The Bertz CT molecular complexity index is 535. The maximum Gasteiger partial charge on any atom is 0.187 e. The van der Waals surface area contributed by atoms with Crippen molar-refractivity contribution in [2.45, 2.75) is 36.0 Å². The first-order valence-corrected chi connectivity index (χ1v) is 8.04. The molecule has 0 aliphatic heterocycles. The number of nitrogens with zero attached hydrogens (tertiary/aromatic N) is 2. The summed E-state index contributed by atoms with van der Waals surface area (Å²) in [5, 5.41) is 9.57. The lowest BCUT2D eigenvalue weighted by atomic mass is 10.4. The van der Waals surface area contributed by atoms with Gasteiger partial charge in [-0.1, -0.05) is 0 Å². The summed E-state index contributed by atoms with van der Waals surface area (Å²) >= 11 is 1.06. The average molecular weight is 291 g/mol. The van der Waals surface area contributed by atoms with Gasteiger partial charge in [-0.3, -0.25) is 0 Å². The highest BCUT2D eigenvalue weighted by molar-refractivity contribution is 7.92. The molecule has 1 unspecified atom stereocenters. The highest BCUT2D eigenvalue weighted by Gasteiger charge is 2.41. The Balaban J connectivity index is 2.38. The minimum atomic E-state index is -3.36. The van der Waals surface area contributed by atoms with E-state index in [-0.39, 0.29) is 16.0 Å². The summed E-state index contributed by atoms with van der Waals surface area (Å²) in [4.78, 5) is 1.83. The molecule has 2 rings (SSSR count). The molecule has 1 aliphatic rings. The van der Waals surface area contributed by atoms with Crippen molar-refractivity contribution in [3.05, 3.63) is 0 Å². The molecular formula is C10H17N3O3S2. The number of likely N-dealkylation sites (N-methyl/N-ethyl adjacent to an activating group) is 1. The van der Waals surface area contributed by atoms with Gasteiger partial charge in [0, 0.05) is 13.6 Å². The summed E-state index contributed by atoms with van der Waals surface area (Å²) in [6.45, 7) is 1.99. The molecule has 0 aromatic carbocycles. The lowest BCUT2D eigenvalue weighted by Gasteiger charge is -2.20. The van der Waals surface area contributed by atoms with E-state index in [1.54, 1.807) is 18.9 Å². The van der Waals surface area contributed by atoms with Crippen LogP contribution in [-0.2, 0) is 9.84 Å². The number of aromatic nitrogens is 1. The third-order valence-electron chi connectivity index (χ3n) is 2.79. The van der Waals surface area contributed by atoms with Gasteiger partial charge in [-0.15, -0.1) is 0 Å². The lowest BCUT2D eigenvalue weighted by Crippen LogP contribution is -2.27. The van der Waals surface area contributed by atoms with Gasteiger partial charge in [0.25, 0.3) is 0 Å². The number of hydrogen-bond donors (Lipinski definition) is 2. The molecule has 1 aromatic rings. The molecule has 3 N–H and O–H groups in total. The number of nitrogen functional groups attached to an aromatic ring is 1. The number of nitrogens with two attached hydrogens (primary N) is 1. The predicted molar refractivity (Wildman–Crippen MR) is 71.7 cm³/mol. The molecule has 0 amide bonds. The van der Waals surface area contributed by atoms with E-state index in [1.165, 1.54) is 0 Å². The molecule has 1 fully saturated rings. The van der Waals surface area contributed by atoms with Crippen LogP contribution < -0.4 is 10.6 Å². The summed E-state index contributed by atoms with van der Waals surface area (Å²) in [6, 6.07) is 0. The third kappa shape index (κ3) is 2.45. The molecule has 102 valence electrons. The van der Waals surface area contributed by atoms with E-state index < -0.39 is 15.9 Å². The van der Waals surface area contributed by atoms with Crippen LogP contribution in [0.25, 0.3) is 0 Å². The fraction of sp³-hybridized carbons (Fsp3) is 0.700. The zero-order valence-electron chi connectivity index (χ0n) is 10.3. The van der Waals surface area contributed by atoms with E-state index in [9.17, 15) is 13.5 Å². The number of aliphatic hydroxyl groups excluding tert-OH is 1. The molecule has 1 aromatic heterocycles. The van der Waals surface area contributed by atoms with Gasteiger partial charge in [-0.05, 0) is 31.3 Å². The Morgan fingerprint density at radius 1 is 1.61 bits per heavy atom. The van der Waals surface area contributed by atoms with Gasteiger partial charge in [0.1, 0.15) is 9.90 Å². The van der Waals surface area contributed by atoms with Crippen molar-refractivity contribution in [1.29, 1.82) is 0 Å². The van der Waals surface area contributed by atoms with Crippen molar-refractivity contribution in [1.82, 2.24) is 4.37 Å². The topological polar surface area (TPSA) is 96.5 Å². The largest absolute Gasteiger partial charge is 0.392 e. The van der Waals surface area contributed by atoms with E-state index in [2.05, 4.69) is 4.37 Å². The minimum absolute atomic E-state index is 0.0688. The molecule has 1 heterocycles. The number of aliphatic hydroxyl groups is 1. The summed E-state index contributed by atoms with van der Waals surface area (Å²) in [7, 11) is -1.64. The summed E-state index contributed by atoms with van der Waals surface area (Å²) in [5.74, 6) is 0.0688. The summed E-state index contributed by atoms with van der Waals surface area (Å²) in [5.41, 5.74) is 5.69. The lowest BCUT2D eigenvalue weighted by molar-refractivity contribution is 0.201. The highest BCUT2D eigenvalue weighted by atomic mass is 32.2. The van der Waals surface area contributed by atoms with E-state index >= 15 is 0 Å². The molecule has 8 heteroatoms. The van der Waals surface area contributed by atoms with Crippen LogP contribution in [0.2, 0.25) is 0 Å². The van der Waals surface area contributed by atoms with Gasteiger partial charge < -0.3 is 15.7 Å². The Morgan fingerprint density at radius 3 is 2.72 bits per heavy atom. The zero-order chi connectivity index (χ0) is 13.5. The van der Waals surface area contributed by atoms with Gasteiger partial charge in [-0.2, -0.15) is 4.37 Å². The van der Waals surface area contributed by atoms with Crippen molar-refractivity contribution < 1.29 is 13.5 Å². The second-order valence-corrected chi connectivity index (χ2v) is 7.59. The van der Waals surface area contributed by atoms with Crippen LogP contribution >= 0.6 is 11.5 Å². The standard InChI is InChI=1S/C10H17N3O3S2/c1-6(14)5-13(2)10-8(9(11)12-17-10)18(15,16)7-3-4-7/h6-7,14H,3-5H2,1-2H3,(H2,11,12). The van der Waals surface area contributed by atoms with Crippen molar-refractivity contribution in [2.24, 2.45) is 0 Å². The monoisotopic (exact) mass is 291 g/mol. The normalized spacial score (nSPS) is 17.7. The molecule has 1 saturated carbocycles. The van der Waals surface area contributed by atoms with Crippen LogP contribution in [0.1, 0.15) is 19.8 Å². The fourth-order valence-corrected chi connectivity index (χ4v) is 4.84. The minimum Gasteiger partial charge on any atom is -0.392 e. The molecule has 0 radical (unpaired) electrons. The summed E-state index contributed by atoms with van der Waals surface area (Å²) in [6.07, 6.45) is 0.837. The number of hydrogen-bond acceptors (Lipinski definition) is 7. The van der Waals surface area contributed by atoms with Gasteiger partial charge in [0.05, 0.1) is 11.4 Å². The number of anilines is 2. The Labute approximate surface area is 111 Å². The van der Waals surface area contributed by atoms with Gasteiger partial charge in [0.15, 0.2) is 15.7 Å². The van der Waals surface area contributed by atoms with E-state index in [1.807, 2.05) is 0 Å². The number of rotatable bonds is 5. The van der Waals surface area contributed by atoms with Crippen LogP contribution in [0, 0.1) is 0 Å². The van der Waals surface area contributed by atoms with Crippen LogP contribution in [-0.4, -0.2) is 42.8 Å². The van der Waals surface area contributed by atoms with Gasteiger partial charge in [-0.25, -0.2) is 8.42 Å².